The number of fused-ring (bicyclic) bond motifs is 1. The smallest absolute Gasteiger partial charge is 0.409 e. The Labute approximate surface area is 126 Å². The van der Waals surface area contributed by atoms with Crippen LogP contribution in [-0.2, 0) is 6.54 Å². The van der Waals surface area contributed by atoms with Crippen molar-refractivity contribution in [2.24, 2.45) is 0 Å². The first-order valence-corrected chi connectivity index (χ1v) is 6.61. The fourth-order valence-corrected chi connectivity index (χ4v) is 2.45. The molecule has 3 rings (SSSR count). The van der Waals surface area contributed by atoms with E-state index in [1.165, 1.54) is 0 Å². The van der Waals surface area contributed by atoms with Crippen LogP contribution in [0.3, 0.4) is 0 Å². The van der Waals surface area contributed by atoms with Crippen LogP contribution in [0.5, 0.6) is 0 Å². The van der Waals surface area contributed by atoms with Crippen molar-refractivity contribution < 1.29 is 19.5 Å². The van der Waals surface area contributed by atoms with E-state index in [1.54, 1.807) is 48.5 Å². The number of hydrogen-bond donors (Lipinski definition) is 2. The molecule has 2 aromatic carbocycles. The van der Waals surface area contributed by atoms with Crippen LogP contribution >= 0.6 is 0 Å². The molecule has 0 spiro atoms. The Balaban J connectivity index is 1.91. The summed E-state index contributed by atoms with van der Waals surface area (Å²) >= 11 is 0. The predicted molar refractivity (Wildman–Crippen MR) is 78.7 cm³/mol. The first kappa shape index (κ1) is 13.8. The monoisotopic (exact) mass is 296 g/mol. The second-order valence-corrected chi connectivity index (χ2v) is 4.83. The lowest BCUT2D eigenvalue weighted by atomic mass is 10.1. The van der Waals surface area contributed by atoms with Crippen molar-refractivity contribution in [1.82, 2.24) is 4.90 Å². The number of carbonyl (C=O) groups excluding carboxylic acids is 2. The molecule has 6 nitrogen and oxygen atoms in total. The number of anilines is 1. The SMILES string of the molecule is O=C(O)Nc1ccccc1CN1C(=O)c2ccccc2C1=O. The van der Waals surface area contributed by atoms with E-state index in [4.69, 9.17) is 5.11 Å². The summed E-state index contributed by atoms with van der Waals surface area (Å²) in [5.74, 6) is -0.739. The molecule has 0 saturated heterocycles. The van der Waals surface area contributed by atoms with Crippen LogP contribution < -0.4 is 5.32 Å². The normalized spacial score (nSPS) is 13.2. The Bertz CT molecular complexity index is 750. The minimum atomic E-state index is -1.20. The fraction of sp³-hybridized carbons (Fsp3) is 0.0625. The van der Waals surface area contributed by atoms with Crippen molar-refractivity contribution in [3.05, 3.63) is 65.2 Å². The third-order valence-electron chi connectivity index (χ3n) is 3.47. The van der Waals surface area contributed by atoms with Gasteiger partial charge in [0.1, 0.15) is 0 Å². The van der Waals surface area contributed by atoms with Gasteiger partial charge in [-0.05, 0) is 23.8 Å². The van der Waals surface area contributed by atoms with Crippen molar-refractivity contribution in [2.75, 3.05) is 5.32 Å². The third kappa shape index (κ3) is 2.31. The van der Waals surface area contributed by atoms with Crippen molar-refractivity contribution in [2.45, 2.75) is 6.54 Å². The highest BCUT2D eigenvalue weighted by Gasteiger charge is 2.35. The lowest BCUT2D eigenvalue weighted by molar-refractivity contribution is 0.0642. The number of imide groups is 1. The second-order valence-electron chi connectivity index (χ2n) is 4.83. The summed E-state index contributed by atoms with van der Waals surface area (Å²) in [7, 11) is 0. The zero-order valence-electron chi connectivity index (χ0n) is 11.4. The number of benzene rings is 2. The molecule has 1 aliphatic rings. The lowest BCUT2D eigenvalue weighted by Gasteiger charge is -2.16. The Morgan fingerprint density at radius 1 is 0.955 bits per heavy atom. The van der Waals surface area contributed by atoms with Gasteiger partial charge in [0.2, 0.25) is 0 Å². The fourth-order valence-electron chi connectivity index (χ4n) is 2.45. The number of para-hydroxylation sites is 1. The maximum Gasteiger partial charge on any atom is 0.409 e. The minimum absolute atomic E-state index is 0.0167. The number of rotatable bonds is 3. The number of amides is 3. The number of nitrogens with zero attached hydrogens (tertiary/aromatic N) is 1. The zero-order chi connectivity index (χ0) is 15.7. The molecule has 1 heterocycles. The lowest BCUT2D eigenvalue weighted by Crippen LogP contribution is -2.29. The molecule has 0 radical (unpaired) electrons. The van der Waals surface area contributed by atoms with E-state index in [-0.39, 0.29) is 18.4 Å². The highest BCUT2D eigenvalue weighted by Crippen LogP contribution is 2.26. The molecule has 3 amide bonds. The average molecular weight is 296 g/mol. The maximum absolute atomic E-state index is 12.3. The molecule has 2 N–H and O–H groups in total. The molecule has 0 fully saturated rings. The van der Waals surface area contributed by atoms with Crippen LogP contribution in [0.1, 0.15) is 26.3 Å². The first-order valence-electron chi connectivity index (χ1n) is 6.61. The van der Waals surface area contributed by atoms with E-state index < -0.39 is 6.09 Å². The molecule has 0 aromatic heterocycles. The maximum atomic E-state index is 12.3. The summed E-state index contributed by atoms with van der Waals surface area (Å²) < 4.78 is 0. The molecular weight excluding hydrogens is 284 g/mol. The van der Waals surface area contributed by atoms with Crippen molar-refractivity contribution in [3.63, 3.8) is 0 Å². The van der Waals surface area contributed by atoms with Gasteiger partial charge in [-0.3, -0.25) is 19.8 Å². The van der Waals surface area contributed by atoms with Crippen LogP contribution in [0.15, 0.2) is 48.5 Å². The van der Waals surface area contributed by atoms with Crippen LogP contribution in [0, 0.1) is 0 Å². The Morgan fingerprint density at radius 3 is 2.09 bits per heavy atom. The predicted octanol–water partition coefficient (Wildman–Crippen LogP) is 2.57. The van der Waals surface area contributed by atoms with Crippen LogP contribution in [0.4, 0.5) is 10.5 Å². The van der Waals surface area contributed by atoms with Crippen LogP contribution in [0.2, 0.25) is 0 Å². The molecule has 0 unspecified atom stereocenters. The highest BCUT2D eigenvalue weighted by molar-refractivity contribution is 6.21. The van der Waals surface area contributed by atoms with E-state index >= 15 is 0 Å². The Morgan fingerprint density at radius 2 is 1.50 bits per heavy atom. The highest BCUT2D eigenvalue weighted by atomic mass is 16.4. The van der Waals surface area contributed by atoms with E-state index in [9.17, 15) is 14.4 Å². The van der Waals surface area contributed by atoms with Gasteiger partial charge in [0.15, 0.2) is 0 Å². The summed E-state index contributed by atoms with van der Waals surface area (Å²) in [5.41, 5.74) is 1.65. The van der Waals surface area contributed by atoms with Gasteiger partial charge in [0, 0.05) is 5.69 Å². The van der Waals surface area contributed by atoms with E-state index in [1.807, 2.05) is 0 Å². The Hall–Kier alpha value is -3.15. The summed E-state index contributed by atoms with van der Waals surface area (Å²) in [6, 6.07) is 13.3. The Kier molecular flexibility index (Phi) is 3.34. The van der Waals surface area contributed by atoms with Gasteiger partial charge >= 0.3 is 6.09 Å². The molecule has 2 aromatic rings. The van der Waals surface area contributed by atoms with Gasteiger partial charge < -0.3 is 5.11 Å². The van der Waals surface area contributed by atoms with Crippen molar-refractivity contribution in [1.29, 1.82) is 0 Å². The van der Waals surface area contributed by atoms with Crippen molar-refractivity contribution in [3.8, 4) is 0 Å². The van der Waals surface area contributed by atoms with E-state index in [0.29, 0.717) is 22.4 Å². The largest absolute Gasteiger partial charge is 0.465 e. The molecule has 0 bridgehead atoms. The summed E-state index contributed by atoms with van der Waals surface area (Å²) in [6.07, 6.45) is -1.20. The van der Waals surface area contributed by atoms with Crippen molar-refractivity contribution >= 4 is 23.6 Å². The first-order chi connectivity index (χ1) is 10.6. The molecule has 0 saturated carbocycles. The van der Waals surface area contributed by atoms with Gasteiger partial charge in [0.05, 0.1) is 17.7 Å². The van der Waals surface area contributed by atoms with Gasteiger partial charge in [-0.25, -0.2) is 4.79 Å². The number of carboxylic acid groups (broad SMARTS) is 1. The number of carbonyl (C=O) groups is 3. The summed E-state index contributed by atoms with van der Waals surface area (Å²) in [4.78, 5) is 36.6. The van der Waals surface area contributed by atoms with Crippen LogP contribution in [0.25, 0.3) is 0 Å². The zero-order valence-corrected chi connectivity index (χ0v) is 11.4. The molecule has 22 heavy (non-hydrogen) atoms. The quantitative estimate of drug-likeness (QED) is 0.852. The topological polar surface area (TPSA) is 86.7 Å². The molecular formula is C16H12N2O4. The standard InChI is InChI=1S/C16H12N2O4/c19-14-11-6-2-3-7-12(11)15(20)18(14)9-10-5-1-4-8-13(10)17-16(21)22/h1-8,17H,9H2,(H,21,22). The number of hydrogen-bond acceptors (Lipinski definition) is 3. The van der Waals surface area contributed by atoms with Gasteiger partial charge in [-0.15, -0.1) is 0 Å². The molecule has 0 aliphatic carbocycles. The molecule has 0 atom stereocenters. The number of nitrogens with one attached hydrogen (secondary N) is 1. The van der Waals surface area contributed by atoms with E-state index in [0.717, 1.165) is 4.90 Å². The third-order valence-corrected chi connectivity index (χ3v) is 3.47. The average Bonchev–Trinajstić information content (AvgIpc) is 2.74. The second kappa shape index (κ2) is 5.33. The van der Waals surface area contributed by atoms with Gasteiger partial charge in [0.25, 0.3) is 11.8 Å². The summed E-state index contributed by atoms with van der Waals surface area (Å²) in [5, 5.41) is 11.1. The molecule has 110 valence electrons. The molecule has 6 heteroatoms. The van der Waals surface area contributed by atoms with Crippen LogP contribution in [-0.4, -0.2) is 27.9 Å². The van der Waals surface area contributed by atoms with Gasteiger partial charge in [-0.1, -0.05) is 30.3 Å². The van der Waals surface area contributed by atoms with E-state index in [2.05, 4.69) is 5.32 Å². The summed E-state index contributed by atoms with van der Waals surface area (Å²) in [6.45, 7) is 0.0167. The molecule has 1 aliphatic heterocycles. The minimum Gasteiger partial charge on any atom is -0.465 e. The van der Waals surface area contributed by atoms with Gasteiger partial charge in [-0.2, -0.15) is 0 Å².